The largest absolute Gasteiger partial charge is 0.481 e. The van der Waals surface area contributed by atoms with Gasteiger partial charge in [0.05, 0.1) is 18.5 Å². The number of nitrogens with one attached hydrogen (secondary N) is 1. The van der Waals surface area contributed by atoms with Crippen LogP contribution in [0.5, 0.6) is 0 Å². The quantitative estimate of drug-likeness (QED) is 0.513. The summed E-state index contributed by atoms with van der Waals surface area (Å²) in [5.41, 5.74) is 5.42. The summed E-state index contributed by atoms with van der Waals surface area (Å²) in [4.78, 5) is 32.7. The molecule has 0 aliphatic rings. The third-order valence-electron chi connectivity index (χ3n) is 2.20. The van der Waals surface area contributed by atoms with Gasteiger partial charge in [-0.3, -0.25) is 14.4 Å². The number of aliphatic carboxylic acids is 1. The highest BCUT2D eigenvalue weighted by atomic mass is 16.5. The van der Waals surface area contributed by atoms with Crippen LogP contribution >= 0.6 is 0 Å². The lowest BCUT2D eigenvalue weighted by atomic mass is 10.1. The van der Waals surface area contributed by atoms with E-state index < -0.39 is 30.3 Å². The molecular weight excluding hydrogens is 240 g/mol. The monoisotopic (exact) mass is 260 g/mol. The smallest absolute Gasteiger partial charge is 0.305 e. The van der Waals surface area contributed by atoms with Gasteiger partial charge < -0.3 is 20.9 Å². The Labute approximate surface area is 106 Å². The third kappa shape index (κ3) is 7.61. The lowest BCUT2D eigenvalue weighted by molar-refractivity contribution is -0.142. The van der Waals surface area contributed by atoms with Gasteiger partial charge in [-0.15, -0.1) is 0 Å². The summed E-state index contributed by atoms with van der Waals surface area (Å²) in [5.74, 6) is -2.12. The first-order chi connectivity index (χ1) is 8.36. The Morgan fingerprint density at radius 2 is 2.00 bits per heavy atom. The maximum Gasteiger partial charge on any atom is 0.305 e. The summed E-state index contributed by atoms with van der Waals surface area (Å²) in [6, 6.07) is -1.44. The average Bonchev–Trinajstić information content (AvgIpc) is 2.25. The Morgan fingerprint density at radius 3 is 2.44 bits per heavy atom. The number of amides is 1. The fourth-order valence-corrected chi connectivity index (χ4v) is 1.35. The predicted octanol–water partition coefficient (Wildman–Crippen LogP) is -0.364. The van der Waals surface area contributed by atoms with Crippen LogP contribution in [0.15, 0.2) is 0 Å². The van der Waals surface area contributed by atoms with Crippen molar-refractivity contribution in [2.45, 2.75) is 45.2 Å². The molecule has 2 atom stereocenters. The minimum Gasteiger partial charge on any atom is -0.481 e. The molecule has 0 heterocycles. The Hall–Kier alpha value is -1.63. The van der Waals surface area contributed by atoms with Gasteiger partial charge in [-0.25, -0.2) is 0 Å². The highest BCUT2D eigenvalue weighted by molar-refractivity contribution is 5.86. The number of rotatable bonds is 8. The fraction of sp³-hybridized carbons (Fsp3) is 0.727. The molecule has 0 bridgehead atoms. The Balaban J connectivity index is 4.25. The SMILES string of the molecule is CCCC(COC(C)=O)NC(=O)C(N)CC(=O)O. The molecule has 0 aromatic rings. The third-order valence-corrected chi connectivity index (χ3v) is 2.20. The van der Waals surface area contributed by atoms with Crippen LogP contribution < -0.4 is 11.1 Å². The molecule has 0 spiro atoms. The van der Waals surface area contributed by atoms with Crippen LogP contribution in [0.25, 0.3) is 0 Å². The molecule has 104 valence electrons. The number of carboxylic acids is 1. The summed E-state index contributed by atoms with van der Waals surface area (Å²) >= 11 is 0. The molecule has 0 rings (SSSR count). The number of carbonyl (C=O) groups excluding carboxylic acids is 2. The zero-order valence-electron chi connectivity index (χ0n) is 10.6. The summed E-state index contributed by atoms with van der Waals surface area (Å²) in [6.07, 6.45) is 0.984. The zero-order valence-corrected chi connectivity index (χ0v) is 10.6. The van der Waals surface area contributed by atoms with Gasteiger partial charge in [-0.05, 0) is 6.42 Å². The van der Waals surface area contributed by atoms with Crippen molar-refractivity contribution in [3.63, 3.8) is 0 Å². The van der Waals surface area contributed by atoms with Crippen LogP contribution in [0.4, 0.5) is 0 Å². The van der Waals surface area contributed by atoms with Gasteiger partial charge in [0.15, 0.2) is 0 Å². The van der Waals surface area contributed by atoms with E-state index in [1.165, 1.54) is 6.92 Å². The Kier molecular flexibility index (Phi) is 7.69. The van der Waals surface area contributed by atoms with Crippen LogP contribution in [0.3, 0.4) is 0 Å². The molecule has 0 fully saturated rings. The van der Waals surface area contributed by atoms with Crippen molar-refractivity contribution in [2.75, 3.05) is 6.61 Å². The molecule has 18 heavy (non-hydrogen) atoms. The Bertz CT molecular complexity index is 306. The first-order valence-corrected chi connectivity index (χ1v) is 5.77. The van der Waals surface area contributed by atoms with E-state index in [9.17, 15) is 14.4 Å². The summed E-state index contributed by atoms with van der Waals surface area (Å²) in [5, 5.41) is 11.1. The maximum absolute atomic E-state index is 11.6. The molecular formula is C11H20N2O5. The van der Waals surface area contributed by atoms with E-state index in [2.05, 4.69) is 5.32 Å². The number of carboxylic acid groups (broad SMARTS) is 1. The van der Waals surface area contributed by atoms with E-state index >= 15 is 0 Å². The van der Waals surface area contributed by atoms with Crippen molar-refractivity contribution in [3.05, 3.63) is 0 Å². The lowest BCUT2D eigenvalue weighted by Crippen LogP contribution is -2.47. The molecule has 7 nitrogen and oxygen atoms in total. The van der Waals surface area contributed by atoms with Crippen LogP contribution in [0.1, 0.15) is 33.1 Å². The van der Waals surface area contributed by atoms with E-state index in [-0.39, 0.29) is 12.6 Å². The molecule has 0 saturated carbocycles. The second kappa shape index (κ2) is 8.46. The van der Waals surface area contributed by atoms with Gasteiger partial charge in [0.25, 0.3) is 0 Å². The van der Waals surface area contributed by atoms with Gasteiger partial charge in [0.1, 0.15) is 6.61 Å². The zero-order chi connectivity index (χ0) is 14.1. The van der Waals surface area contributed by atoms with Gasteiger partial charge in [-0.1, -0.05) is 13.3 Å². The van der Waals surface area contributed by atoms with E-state index in [0.29, 0.717) is 6.42 Å². The van der Waals surface area contributed by atoms with Crippen molar-refractivity contribution in [1.29, 1.82) is 0 Å². The van der Waals surface area contributed by atoms with E-state index in [0.717, 1.165) is 6.42 Å². The molecule has 7 heteroatoms. The van der Waals surface area contributed by atoms with Gasteiger partial charge >= 0.3 is 11.9 Å². The fourth-order valence-electron chi connectivity index (χ4n) is 1.35. The highest BCUT2D eigenvalue weighted by Crippen LogP contribution is 1.99. The minimum atomic E-state index is -1.13. The van der Waals surface area contributed by atoms with Gasteiger partial charge in [0.2, 0.25) is 5.91 Å². The van der Waals surface area contributed by atoms with Crippen LogP contribution in [0.2, 0.25) is 0 Å². The number of carbonyl (C=O) groups is 3. The average molecular weight is 260 g/mol. The van der Waals surface area contributed by atoms with Crippen molar-refractivity contribution < 1.29 is 24.2 Å². The van der Waals surface area contributed by atoms with Crippen molar-refractivity contribution in [1.82, 2.24) is 5.32 Å². The second-order valence-corrected chi connectivity index (χ2v) is 4.00. The Morgan fingerprint density at radius 1 is 1.39 bits per heavy atom. The molecule has 0 saturated heterocycles. The standard InChI is InChI=1S/C11H20N2O5/c1-3-4-8(6-18-7(2)14)13-11(17)9(12)5-10(15)16/h8-9H,3-6,12H2,1-2H3,(H,13,17)(H,15,16). The van der Waals surface area contributed by atoms with Crippen LogP contribution in [-0.2, 0) is 19.1 Å². The van der Waals surface area contributed by atoms with Crippen LogP contribution in [0, 0.1) is 0 Å². The molecule has 0 aromatic heterocycles. The topological polar surface area (TPSA) is 119 Å². The van der Waals surface area contributed by atoms with Crippen LogP contribution in [-0.4, -0.2) is 41.6 Å². The van der Waals surface area contributed by atoms with Crippen molar-refractivity contribution in [3.8, 4) is 0 Å². The molecule has 0 aliphatic heterocycles. The molecule has 0 aliphatic carbocycles. The maximum atomic E-state index is 11.6. The highest BCUT2D eigenvalue weighted by Gasteiger charge is 2.20. The normalized spacial score (nSPS) is 13.5. The predicted molar refractivity (Wildman–Crippen MR) is 63.7 cm³/mol. The number of hydrogen-bond donors (Lipinski definition) is 3. The molecule has 0 aromatic carbocycles. The number of hydrogen-bond acceptors (Lipinski definition) is 5. The molecule has 2 unspecified atom stereocenters. The molecule has 4 N–H and O–H groups in total. The minimum absolute atomic E-state index is 0.0642. The first kappa shape index (κ1) is 16.4. The lowest BCUT2D eigenvalue weighted by Gasteiger charge is -2.19. The summed E-state index contributed by atoms with van der Waals surface area (Å²) in [7, 11) is 0. The van der Waals surface area contributed by atoms with E-state index in [1.54, 1.807) is 0 Å². The second-order valence-electron chi connectivity index (χ2n) is 4.00. The van der Waals surface area contributed by atoms with E-state index in [4.69, 9.17) is 15.6 Å². The number of ether oxygens (including phenoxy) is 1. The summed E-state index contributed by atoms with van der Waals surface area (Å²) in [6.45, 7) is 3.26. The van der Waals surface area contributed by atoms with Crippen molar-refractivity contribution in [2.24, 2.45) is 5.73 Å². The van der Waals surface area contributed by atoms with Gasteiger partial charge in [-0.2, -0.15) is 0 Å². The molecule has 1 amide bonds. The molecule has 0 radical (unpaired) electrons. The van der Waals surface area contributed by atoms with Crippen molar-refractivity contribution >= 4 is 17.8 Å². The first-order valence-electron chi connectivity index (χ1n) is 5.77. The van der Waals surface area contributed by atoms with Gasteiger partial charge in [0, 0.05) is 6.92 Å². The number of nitrogens with two attached hydrogens (primary N) is 1. The summed E-state index contributed by atoms with van der Waals surface area (Å²) < 4.78 is 4.81. The van der Waals surface area contributed by atoms with E-state index in [1.807, 2.05) is 6.92 Å². The number of esters is 1.